The highest BCUT2D eigenvalue weighted by Gasteiger charge is 2.40. The lowest BCUT2D eigenvalue weighted by Gasteiger charge is -2.30. The standard InChI is InChI=1S/C8H13F3N2O/c1-5-4-12-3-2-6(5)13-7(14)8(9,10)11/h5-6,12H,2-4H2,1H3,(H,13,14). The molecule has 1 aliphatic rings. The van der Waals surface area contributed by atoms with Gasteiger partial charge in [-0.25, -0.2) is 0 Å². The lowest BCUT2D eigenvalue weighted by molar-refractivity contribution is -0.174. The SMILES string of the molecule is CC1CNCCC1NC(=O)C(F)(F)F. The molecule has 0 aliphatic carbocycles. The van der Waals surface area contributed by atoms with Gasteiger partial charge < -0.3 is 10.6 Å². The highest BCUT2D eigenvalue weighted by molar-refractivity contribution is 5.81. The first-order valence-corrected chi connectivity index (χ1v) is 4.49. The Hall–Kier alpha value is -0.780. The van der Waals surface area contributed by atoms with Crippen LogP contribution in [0.25, 0.3) is 0 Å². The number of carbonyl (C=O) groups excluding carboxylic acids is 1. The van der Waals surface area contributed by atoms with E-state index in [0.29, 0.717) is 19.5 Å². The molecule has 82 valence electrons. The van der Waals surface area contributed by atoms with Crippen molar-refractivity contribution in [3.63, 3.8) is 0 Å². The Morgan fingerprint density at radius 3 is 2.64 bits per heavy atom. The van der Waals surface area contributed by atoms with E-state index in [2.05, 4.69) is 5.32 Å². The highest BCUT2D eigenvalue weighted by Crippen LogP contribution is 2.17. The molecule has 14 heavy (non-hydrogen) atoms. The molecule has 6 heteroatoms. The summed E-state index contributed by atoms with van der Waals surface area (Å²) in [6, 6.07) is -0.370. The fraction of sp³-hybridized carbons (Fsp3) is 0.875. The summed E-state index contributed by atoms with van der Waals surface area (Å²) in [4.78, 5) is 10.6. The summed E-state index contributed by atoms with van der Waals surface area (Å²) in [6.45, 7) is 3.10. The summed E-state index contributed by atoms with van der Waals surface area (Å²) >= 11 is 0. The third kappa shape index (κ3) is 2.87. The number of amides is 1. The number of piperidine rings is 1. The Labute approximate surface area is 80.0 Å². The largest absolute Gasteiger partial charge is 0.471 e. The monoisotopic (exact) mass is 210 g/mol. The Bertz CT molecular complexity index is 217. The van der Waals surface area contributed by atoms with Gasteiger partial charge in [-0.1, -0.05) is 6.92 Å². The van der Waals surface area contributed by atoms with Crippen LogP contribution in [0.5, 0.6) is 0 Å². The van der Waals surface area contributed by atoms with Crippen LogP contribution in [0.15, 0.2) is 0 Å². The second-order valence-electron chi connectivity index (χ2n) is 3.55. The molecule has 1 aliphatic heterocycles. The van der Waals surface area contributed by atoms with Crippen LogP contribution in [0.2, 0.25) is 0 Å². The van der Waals surface area contributed by atoms with E-state index < -0.39 is 12.1 Å². The first-order valence-electron chi connectivity index (χ1n) is 4.49. The molecule has 2 unspecified atom stereocenters. The van der Waals surface area contributed by atoms with Crippen LogP contribution in [0.4, 0.5) is 13.2 Å². The average molecular weight is 210 g/mol. The van der Waals surface area contributed by atoms with Crippen molar-refractivity contribution >= 4 is 5.91 Å². The first kappa shape index (κ1) is 11.3. The molecule has 2 N–H and O–H groups in total. The van der Waals surface area contributed by atoms with Gasteiger partial charge in [0, 0.05) is 6.04 Å². The molecule has 1 fully saturated rings. The van der Waals surface area contributed by atoms with E-state index in [0.717, 1.165) is 0 Å². The number of nitrogens with one attached hydrogen (secondary N) is 2. The van der Waals surface area contributed by atoms with Gasteiger partial charge >= 0.3 is 12.1 Å². The molecule has 3 nitrogen and oxygen atoms in total. The zero-order valence-corrected chi connectivity index (χ0v) is 7.82. The lowest BCUT2D eigenvalue weighted by Crippen LogP contribution is -2.51. The summed E-state index contributed by atoms with van der Waals surface area (Å²) in [5.74, 6) is -1.80. The molecule has 1 amide bonds. The van der Waals surface area contributed by atoms with Crippen molar-refractivity contribution in [2.24, 2.45) is 5.92 Å². The van der Waals surface area contributed by atoms with Crippen LogP contribution in [0.1, 0.15) is 13.3 Å². The van der Waals surface area contributed by atoms with Crippen LogP contribution in [0.3, 0.4) is 0 Å². The van der Waals surface area contributed by atoms with Gasteiger partial charge in [-0.3, -0.25) is 4.79 Å². The lowest BCUT2D eigenvalue weighted by atomic mass is 9.95. The van der Waals surface area contributed by atoms with Gasteiger partial charge in [0.15, 0.2) is 0 Å². The Morgan fingerprint density at radius 1 is 1.50 bits per heavy atom. The maximum Gasteiger partial charge on any atom is 0.471 e. The van der Waals surface area contributed by atoms with Crippen molar-refractivity contribution in [2.45, 2.75) is 25.6 Å². The molecular weight excluding hydrogens is 197 g/mol. The van der Waals surface area contributed by atoms with Crippen molar-refractivity contribution in [1.29, 1.82) is 0 Å². The van der Waals surface area contributed by atoms with Crippen molar-refractivity contribution in [3.8, 4) is 0 Å². The van der Waals surface area contributed by atoms with Gasteiger partial charge in [0.2, 0.25) is 0 Å². The normalized spacial score (nSPS) is 28.6. The molecule has 0 aromatic carbocycles. The minimum atomic E-state index is -4.77. The van der Waals surface area contributed by atoms with E-state index >= 15 is 0 Å². The summed E-state index contributed by atoms with van der Waals surface area (Å²) in [6.07, 6.45) is -4.23. The van der Waals surface area contributed by atoms with E-state index in [1.54, 1.807) is 0 Å². The van der Waals surface area contributed by atoms with Gasteiger partial charge in [-0.2, -0.15) is 13.2 Å². The predicted molar refractivity (Wildman–Crippen MR) is 44.6 cm³/mol. The number of hydrogen-bond acceptors (Lipinski definition) is 2. The predicted octanol–water partition coefficient (Wildman–Crippen LogP) is 0.663. The van der Waals surface area contributed by atoms with Crippen molar-refractivity contribution < 1.29 is 18.0 Å². The minimum Gasteiger partial charge on any atom is -0.345 e. The number of hydrogen-bond donors (Lipinski definition) is 2. The van der Waals surface area contributed by atoms with Gasteiger partial charge in [0.25, 0.3) is 0 Å². The fourth-order valence-electron chi connectivity index (χ4n) is 1.48. The third-order valence-electron chi connectivity index (χ3n) is 2.36. The Morgan fingerprint density at radius 2 is 2.14 bits per heavy atom. The second-order valence-corrected chi connectivity index (χ2v) is 3.55. The van der Waals surface area contributed by atoms with Gasteiger partial charge in [0.1, 0.15) is 0 Å². The van der Waals surface area contributed by atoms with Crippen LogP contribution < -0.4 is 10.6 Å². The van der Waals surface area contributed by atoms with Crippen molar-refractivity contribution in [1.82, 2.24) is 10.6 Å². The van der Waals surface area contributed by atoms with Crippen molar-refractivity contribution in [3.05, 3.63) is 0 Å². The molecule has 0 aromatic rings. The molecule has 0 radical (unpaired) electrons. The van der Waals surface area contributed by atoms with E-state index in [4.69, 9.17) is 0 Å². The number of rotatable bonds is 1. The van der Waals surface area contributed by atoms with E-state index in [9.17, 15) is 18.0 Å². The number of carbonyl (C=O) groups is 1. The number of alkyl halides is 3. The first-order chi connectivity index (χ1) is 6.41. The molecule has 0 aromatic heterocycles. The third-order valence-corrected chi connectivity index (χ3v) is 2.36. The second kappa shape index (κ2) is 4.16. The molecule has 0 spiro atoms. The van der Waals surface area contributed by atoms with Crippen LogP contribution in [0, 0.1) is 5.92 Å². The molecule has 0 saturated carbocycles. The van der Waals surface area contributed by atoms with Crippen LogP contribution >= 0.6 is 0 Å². The minimum absolute atomic E-state index is 0.0371. The molecular formula is C8H13F3N2O. The van der Waals surface area contributed by atoms with Crippen molar-refractivity contribution in [2.75, 3.05) is 13.1 Å². The maximum absolute atomic E-state index is 11.9. The zero-order valence-electron chi connectivity index (χ0n) is 7.82. The molecule has 1 saturated heterocycles. The topological polar surface area (TPSA) is 41.1 Å². The number of halogens is 3. The fourth-order valence-corrected chi connectivity index (χ4v) is 1.48. The maximum atomic E-state index is 11.9. The zero-order chi connectivity index (χ0) is 10.8. The van der Waals surface area contributed by atoms with E-state index in [1.165, 1.54) is 0 Å². The molecule has 0 bridgehead atoms. The van der Waals surface area contributed by atoms with Crippen LogP contribution in [-0.4, -0.2) is 31.2 Å². The van der Waals surface area contributed by atoms with Gasteiger partial charge in [0.05, 0.1) is 0 Å². The highest BCUT2D eigenvalue weighted by atomic mass is 19.4. The molecule has 2 atom stereocenters. The quantitative estimate of drug-likeness (QED) is 0.667. The summed E-state index contributed by atoms with van der Waals surface area (Å²) in [5.41, 5.74) is 0. The van der Waals surface area contributed by atoms with Crippen LogP contribution in [-0.2, 0) is 4.79 Å². The molecule has 1 heterocycles. The Balaban J connectivity index is 2.46. The smallest absolute Gasteiger partial charge is 0.345 e. The Kier molecular flexibility index (Phi) is 3.36. The molecule has 1 rings (SSSR count). The van der Waals surface area contributed by atoms with Gasteiger partial charge in [-0.05, 0) is 25.4 Å². The summed E-state index contributed by atoms with van der Waals surface area (Å²) < 4.78 is 35.7. The average Bonchev–Trinajstić information content (AvgIpc) is 2.07. The summed E-state index contributed by atoms with van der Waals surface area (Å²) in [7, 11) is 0. The summed E-state index contributed by atoms with van der Waals surface area (Å²) in [5, 5.41) is 5.05. The van der Waals surface area contributed by atoms with E-state index in [1.807, 2.05) is 12.2 Å². The van der Waals surface area contributed by atoms with E-state index in [-0.39, 0.29) is 12.0 Å². The van der Waals surface area contributed by atoms with Gasteiger partial charge in [-0.15, -0.1) is 0 Å².